The Morgan fingerprint density at radius 3 is 2.61 bits per heavy atom. The molecule has 7 heteroatoms. The molecule has 0 bridgehead atoms. The fraction of sp³-hybridized carbons (Fsp3) is 0.429. The maximum atomic E-state index is 13.4. The first-order chi connectivity index (χ1) is 13.5. The SMILES string of the molecule is CN(C(=O)Nc1ccc(F)c(F)c1)[C@@H]1CCCc2[nH]c(=O)c3c(c21)CCCC3. The Labute approximate surface area is 161 Å². The number of carbonyl (C=O) groups is 1. The second-order valence-corrected chi connectivity index (χ2v) is 7.59. The first-order valence-corrected chi connectivity index (χ1v) is 9.71. The molecule has 4 rings (SSSR count). The third kappa shape index (κ3) is 3.30. The van der Waals surface area contributed by atoms with Gasteiger partial charge in [-0.15, -0.1) is 0 Å². The summed E-state index contributed by atoms with van der Waals surface area (Å²) in [5.74, 6) is -1.96. The number of hydrogen-bond acceptors (Lipinski definition) is 2. The predicted molar refractivity (Wildman–Crippen MR) is 103 cm³/mol. The van der Waals surface area contributed by atoms with Crippen LogP contribution in [0, 0.1) is 11.6 Å². The molecule has 2 amide bonds. The normalized spacial score (nSPS) is 18.2. The fourth-order valence-corrected chi connectivity index (χ4v) is 4.45. The summed E-state index contributed by atoms with van der Waals surface area (Å²) in [6.07, 6.45) is 6.15. The lowest BCUT2D eigenvalue weighted by molar-refractivity contribution is 0.196. The van der Waals surface area contributed by atoms with Crippen molar-refractivity contribution in [3.8, 4) is 0 Å². The van der Waals surface area contributed by atoms with E-state index in [1.165, 1.54) is 6.07 Å². The van der Waals surface area contributed by atoms with Crippen LogP contribution in [0.3, 0.4) is 0 Å². The van der Waals surface area contributed by atoms with Gasteiger partial charge in [-0.2, -0.15) is 0 Å². The molecule has 1 atom stereocenters. The van der Waals surface area contributed by atoms with Gasteiger partial charge in [-0.3, -0.25) is 4.79 Å². The molecule has 2 aliphatic carbocycles. The molecule has 0 fully saturated rings. The summed E-state index contributed by atoms with van der Waals surface area (Å²) in [6.45, 7) is 0. The van der Waals surface area contributed by atoms with Gasteiger partial charge < -0.3 is 15.2 Å². The van der Waals surface area contributed by atoms with Crippen molar-refractivity contribution in [1.82, 2.24) is 9.88 Å². The maximum Gasteiger partial charge on any atom is 0.322 e. The Morgan fingerprint density at radius 1 is 1.11 bits per heavy atom. The van der Waals surface area contributed by atoms with Crippen LogP contribution >= 0.6 is 0 Å². The zero-order chi connectivity index (χ0) is 19.8. The van der Waals surface area contributed by atoms with Crippen molar-refractivity contribution in [2.75, 3.05) is 12.4 Å². The van der Waals surface area contributed by atoms with Crippen LogP contribution in [0.2, 0.25) is 0 Å². The predicted octanol–water partition coefficient (Wildman–Crippen LogP) is 4.07. The van der Waals surface area contributed by atoms with E-state index < -0.39 is 11.6 Å². The minimum atomic E-state index is -1.00. The summed E-state index contributed by atoms with van der Waals surface area (Å²) in [6, 6.07) is 2.74. The van der Waals surface area contributed by atoms with Crippen LogP contribution in [0.25, 0.3) is 0 Å². The van der Waals surface area contributed by atoms with E-state index in [4.69, 9.17) is 0 Å². The number of rotatable bonds is 2. The number of amides is 2. The van der Waals surface area contributed by atoms with E-state index >= 15 is 0 Å². The largest absolute Gasteiger partial charge is 0.326 e. The number of halogens is 2. The molecule has 5 nitrogen and oxygen atoms in total. The monoisotopic (exact) mass is 387 g/mol. The van der Waals surface area contributed by atoms with Crippen molar-refractivity contribution in [3.63, 3.8) is 0 Å². The average Bonchev–Trinajstić information content (AvgIpc) is 2.70. The second kappa shape index (κ2) is 7.37. The molecule has 1 aromatic carbocycles. The van der Waals surface area contributed by atoms with Gasteiger partial charge in [0.15, 0.2) is 11.6 Å². The lowest BCUT2D eigenvalue weighted by Crippen LogP contribution is -2.38. The lowest BCUT2D eigenvalue weighted by Gasteiger charge is -2.36. The number of nitrogens with zero attached hydrogens (tertiary/aromatic N) is 1. The molecule has 0 unspecified atom stereocenters. The summed E-state index contributed by atoms with van der Waals surface area (Å²) in [7, 11) is 1.70. The highest BCUT2D eigenvalue weighted by molar-refractivity contribution is 5.89. The van der Waals surface area contributed by atoms with E-state index in [1.54, 1.807) is 11.9 Å². The van der Waals surface area contributed by atoms with Gasteiger partial charge in [-0.25, -0.2) is 13.6 Å². The average molecular weight is 387 g/mol. The molecule has 0 saturated heterocycles. The quantitative estimate of drug-likeness (QED) is 0.816. The fourth-order valence-electron chi connectivity index (χ4n) is 4.45. The highest BCUT2D eigenvalue weighted by Crippen LogP contribution is 2.37. The zero-order valence-electron chi connectivity index (χ0n) is 15.8. The molecule has 0 radical (unpaired) electrons. The summed E-state index contributed by atoms with van der Waals surface area (Å²) < 4.78 is 26.6. The summed E-state index contributed by atoms with van der Waals surface area (Å²) >= 11 is 0. The van der Waals surface area contributed by atoms with Crippen LogP contribution in [-0.4, -0.2) is 23.0 Å². The third-order valence-electron chi connectivity index (χ3n) is 5.85. The molecule has 0 aliphatic heterocycles. The number of benzene rings is 1. The van der Waals surface area contributed by atoms with Crippen molar-refractivity contribution in [2.24, 2.45) is 0 Å². The first-order valence-electron chi connectivity index (χ1n) is 9.71. The Balaban J connectivity index is 1.64. The molecule has 2 N–H and O–H groups in total. The number of urea groups is 1. The van der Waals surface area contributed by atoms with Crippen LogP contribution in [-0.2, 0) is 19.3 Å². The van der Waals surface area contributed by atoms with Crippen molar-refractivity contribution >= 4 is 11.7 Å². The van der Waals surface area contributed by atoms with E-state index in [-0.39, 0.29) is 23.3 Å². The number of aromatic amines is 1. The zero-order valence-corrected chi connectivity index (χ0v) is 15.8. The van der Waals surface area contributed by atoms with Crippen LogP contribution in [0.15, 0.2) is 23.0 Å². The van der Waals surface area contributed by atoms with Crippen LogP contribution in [0.5, 0.6) is 0 Å². The summed E-state index contributed by atoms with van der Waals surface area (Å²) in [5.41, 5.74) is 4.16. The number of hydrogen-bond donors (Lipinski definition) is 2. The Kier molecular flexibility index (Phi) is 4.91. The molecule has 1 aromatic heterocycles. The van der Waals surface area contributed by atoms with E-state index in [9.17, 15) is 18.4 Å². The number of aryl methyl sites for hydroxylation is 1. The number of fused-ring (bicyclic) bond motifs is 3. The summed E-state index contributed by atoms with van der Waals surface area (Å²) in [5, 5.41) is 2.64. The topological polar surface area (TPSA) is 65.2 Å². The van der Waals surface area contributed by atoms with E-state index in [1.807, 2.05) is 0 Å². The standard InChI is InChI=1S/C21H23F2N3O2/c1-26(21(28)24-12-9-10-15(22)16(23)11-12)18-8-4-7-17-19(18)13-5-2-3-6-14(13)20(27)25-17/h9-11,18H,2-8H2,1H3,(H,24,28)(H,25,27)/t18-/m1/s1. The molecule has 148 valence electrons. The van der Waals surface area contributed by atoms with Gasteiger partial charge in [-0.1, -0.05) is 0 Å². The number of carbonyl (C=O) groups excluding carboxylic acids is 1. The van der Waals surface area contributed by atoms with Gasteiger partial charge in [0.25, 0.3) is 5.56 Å². The molecule has 2 aromatic rings. The molecular weight excluding hydrogens is 364 g/mol. The Hall–Kier alpha value is -2.70. The number of pyridine rings is 1. The molecule has 28 heavy (non-hydrogen) atoms. The molecule has 2 aliphatic rings. The molecular formula is C21H23F2N3O2. The number of nitrogens with one attached hydrogen (secondary N) is 2. The van der Waals surface area contributed by atoms with Crippen LogP contribution in [0.4, 0.5) is 19.3 Å². The van der Waals surface area contributed by atoms with E-state index in [0.29, 0.717) is 0 Å². The van der Waals surface area contributed by atoms with Crippen molar-refractivity contribution in [3.05, 3.63) is 62.6 Å². The van der Waals surface area contributed by atoms with Gasteiger partial charge in [0.05, 0.1) is 6.04 Å². The van der Waals surface area contributed by atoms with Gasteiger partial charge in [0.2, 0.25) is 0 Å². The number of anilines is 1. The van der Waals surface area contributed by atoms with Crippen LogP contribution in [0.1, 0.15) is 54.1 Å². The van der Waals surface area contributed by atoms with Crippen LogP contribution < -0.4 is 10.9 Å². The van der Waals surface area contributed by atoms with E-state index in [0.717, 1.165) is 79.5 Å². The third-order valence-corrected chi connectivity index (χ3v) is 5.85. The van der Waals surface area contributed by atoms with E-state index in [2.05, 4.69) is 10.3 Å². The van der Waals surface area contributed by atoms with Gasteiger partial charge in [0.1, 0.15) is 0 Å². The highest BCUT2D eigenvalue weighted by Gasteiger charge is 2.32. The van der Waals surface area contributed by atoms with Crippen molar-refractivity contribution < 1.29 is 13.6 Å². The number of aromatic nitrogens is 1. The van der Waals surface area contributed by atoms with Crippen molar-refractivity contribution in [1.29, 1.82) is 0 Å². The lowest BCUT2D eigenvalue weighted by atomic mass is 9.81. The highest BCUT2D eigenvalue weighted by atomic mass is 19.2. The smallest absolute Gasteiger partial charge is 0.322 e. The van der Waals surface area contributed by atoms with Gasteiger partial charge >= 0.3 is 6.03 Å². The van der Waals surface area contributed by atoms with Gasteiger partial charge in [0, 0.05) is 30.1 Å². The number of H-pyrrole nitrogens is 1. The maximum absolute atomic E-state index is 13.4. The molecule has 0 saturated carbocycles. The minimum Gasteiger partial charge on any atom is -0.326 e. The van der Waals surface area contributed by atoms with Crippen molar-refractivity contribution in [2.45, 2.75) is 51.0 Å². The summed E-state index contributed by atoms with van der Waals surface area (Å²) in [4.78, 5) is 29.9. The first kappa shape index (κ1) is 18.7. The second-order valence-electron chi connectivity index (χ2n) is 7.59. The molecule has 1 heterocycles. The minimum absolute atomic E-state index is 0.00277. The Bertz CT molecular complexity index is 986. The molecule has 0 spiro atoms. The Morgan fingerprint density at radius 2 is 1.86 bits per heavy atom. The van der Waals surface area contributed by atoms with Gasteiger partial charge in [-0.05, 0) is 68.2 Å².